The number of benzene rings is 1. The molecule has 0 aliphatic heterocycles. The number of hydrogen-bond donors (Lipinski definition) is 0. The Labute approximate surface area is 187 Å². The van der Waals surface area contributed by atoms with Crippen molar-refractivity contribution < 1.29 is 27.4 Å². The van der Waals surface area contributed by atoms with Crippen molar-refractivity contribution in [2.24, 2.45) is 0 Å². The van der Waals surface area contributed by atoms with Crippen LogP contribution in [-0.4, -0.2) is 53.8 Å². The first-order valence-corrected chi connectivity index (χ1v) is 11.9. The number of methoxy groups -OCH3 is 2. The van der Waals surface area contributed by atoms with Gasteiger partial charge >= 0.3 is 5.37 Å². The second-order valence-electron chi connectivity index (χ2n) is 7.36. The van der Waals surface area contributed by atoms with Crippen molar-refractivity contribution >= 4 is 9.84 Å². The van der Waals surface area contributed by atoms with Crippen molar-refractivity contribution in [3.63, 3.8) is 0 Å². The first kappa shape index (κ1) is 27.3. The number of rotatable bonds is 17. The number of sulfone groups is 1. The van der Waals surface area contributed by atoms with Gasteiger partial charge < -0.3 is 18.9 Å². The molecular weight excluding hydrogens is 418 g/mol. The minimum absolute atomic E-state index is 0.0850. The summed E-state index contributed by atoms with van der Waals surface area (Å²) in [5, 5.41) is -1.16. The summed E-state index contributed by atoms with van der Waals surface area (Å²) in [6, 6.07) is 6.57. The SMILES string of the molecule is [C-]#[N+]C(CC[C@@H](C[C@H](CCCC=C)OCOC)OCOC)S(=O)(=O)c1ccc(C)cc1. The normalized spacial score (nSPS) is 14.5. The monoisotopic (exact) mass is 453 g/mol. The van der Waals surface area contributed by atoms with E-state index in [1.54, 1.807) is 31.4 Å². The van der Waals surface area contributed by atoms with Crippen molar-refractivity contribution in [3.05, 3.63) is 53.9 Å². The summed E-state index contributed by atoms with van der Waals surface area (Å²) in [6.07, 6.45) is 5.17. The molecule has 0 amide bonds. The summed E-state index contributed by atoms with van der Waals surface area (Å²) in [5.41, 5.74) is 0.963. The number of nitrogens with zero attached hydrogens (tertiary/aromatic N) is 1. The Hall–Kier alpha value is -1.76. The van der Waals surface area contributed by atoms with Gasteiger partial charge in [0.1, 0.15) is 13.6 Å². The second kappa shape index (κ2) is 15.1. The largest absolute Gasteiger partial charge is 0.359 e. The van der Waals surface area contributed by atoms with Gasteiger partial charge in [0.05, 0.1) is 17.1 Å². The van der Waals surface area contributed by atoms with Crippen LogP contribution in [0.5, 0.6) is 0 Å². The molecule has 0 bridgehead atoms. The highest BCUT2D eigenvalue weighted by molar-refractivity contribution is 7.92. The predicted molar refractivity (Wildman–Crippen MR) is 120 cm³/mol. The van der Waals surface area contributed by atoms with Gasteiger partial charge in [0.25, 0.3) is 9.84 Å². The maximum Gasteiger partial charge on any atom is 0.325 e. The lowest BCUT2D eigenvalue weighted by Crippen LogP contribution is -2.27. The van der Waals surface area contributed by atoms with Gasteiger partial charge in [0.15, 0.2) is 0 Å². The van der Waals surface area contributed by atoms with Crippen molar-refractivity contribution in [3.8, 4) is 0 Å². The Balaban J connectivity index is 2.84. The maximum absolute atomic E-state index is 12.9. The fourth-order valence-electron chi connectivity index (χ4n) is 3.15. The summed E-state index contributed by atoms with van der Waals surface area (Å²) in [5.74, 6) is 0. The molecule has 0 aromatic heterocycles. The minimum Gasteiger partial charge on any atom is -0.359 e. The Morgan fingerprint density at radius 2 is 1.61 bits per heavy atom. The third-order valence-electron chi connectivity index (χ3n) is 4.89. The van der Waals surface area contributed by atoms with Crippen molar-refractivity contribution in [2.75, 3.05) is 27.8 Å². The van der Waals surface area contributed by atoms with E-state index in [1.165, 1.54) is 7.11 Å². The van der Waals surface area contributed by atoms with Crippen LogP contribution in [0.2, 0.25) is 0 Å². The molecule has 0 spiro atoms. The van der Waals surface area contributed by atoms with E-state index in [-0.39, 0.29) is 37.1 Å². The topological polar surface area (TPSA) is 75.4 Å². The molecule has 0 saturated carbocycles. The van der Waals surface area contributed by atoms with Gasteiger partial charge in [-0.05, 0) is 51.2 Å². The van der Waals surface area contributed by atoms with Gasteiger partial charge in [0, 0.05) is 20.6 Å². The Morgan fingerprint density at radius 3 is 2.13 bits per heavy atom. The van der Waals surface area contributed by atoms with Crippen molar-refractivity contribution in [1.82, 2.24) is 0 Å². The fraction of sp³-hybridized carbons (Fsp3) is 0.609. The van der Waals surface area contributed by atoms with E-state index in [2.05, 4.69) is 11.4 Å². The zero-order valence-corrected chi connectivity index (χ0v) is 19.6. The average molecular weight is 454 g/mol. The second-order valence-corrected chi connectivity index (χ2v) is 9.47. The standard InChI is InChI=1S/C23H35NO6S/c1-6-7-8-9-20(29-17-27-4)16-21(30-18-28-5)12-15-23(24-3)31(25,26)22-13-10-19(2)11-14-22/h6,10-11,13-14,20-21,23H,1,7-9,12,15-18H2,2,4-5H3/t20-,21-,23?/m0/s1. The lowest BCUT2D eigenvalue weighted by atomic mass is 10.0. The van der Waals surface area contributed by atoms with Gasteiger partial charge in [-0.1, -0.05) is 23.8 Å². The van der Waals surface area contributed by atoms with Crippen LogP contribution in [0.25, 0.3) is 4.85 Å². The molecule has 174 valence electrons. The number of unbranched alkanes of at least 4 members (excludes halogenated alkanes) is 1. The molecule has 7 nitrogen and oxygen atoms in total. The highest BCUT2D eigenvalue weighted by atomic mass is 32.2. The molecule has 3 atom stereocenters. The molecule has 1 rings (SSSR count). The van der Waals surface area contributed by atoms with Gasteiger partial charge in [-0.25, -0.2) is 15.0 Å². The molecule has 0 heterocycles. The zero-order chi connectivity index (χ0) is 23.1. The van der Waals surface area contributed by atoms with Crippen molar-refractivity contribution in [2.45, 2.75) is 67.9 Å². The van der Waals surface area contributed by atoms with Gasteiger partial charge in [-0.15, -0.1) is 6.58 Å². The van der Waals surface area contributed by atoms with Crippen LogP contribution in [0.4, 0.5) is 0 Å². The predicted octanol–water partition coefficient (Wildman–Crippen LogP) is 4.52. The zero-order valence-electron chi connectivity index (χ0n) is 18.8. The molecule has 8 heteroatoms. The number of aryl methyl sites for hydroxylation is 1. The summed E-state index contributed by atoms with van der Waals surface area (Å²) >= 11 is 0. The lowest BCUT2D eigenvalue weighted by molar-refractivity contribution is -0.117. The lowest BCUT2D eigenvalue weighted by Gasteiger charge is -2.24. The molecule has 0 aliphatic carbocycles. The highest BCUT2D eigenvalue weighted by Crippen LogP contribution is 2.24. The molecule has 31 heavy (non-hydrogen) atoms. The minimum atomic E-state index is -3.75. The molecule has 1 aromatic rings. The Kier molecular flexibility index (Phi) is 13.3. The summed E-state index contributed by atoms with van der Waals surface area (Å²) in [7, 11) is -0.651. The van der Waals surface area contributed by atoms with Crippen LogP contribution in [0.1, 0.15) is 44.1 Å². The molecule has 0 radical (unpaired) electrons. The van der Waals surface area contributed by atoms with Crippen LogP contribution in [-0.2, 0) is 28.8 Å². The van der Waals surface area contributed by atoms with Crippen LogP contribution in [0.15, 0.2) is 41.8 Å². The third kappa shape index (κ3) is 9.93. The molecule has 0 saturated heterocycles. The van der Waals surface area contributed by atoms with Crippen LogP contribution in [0.3, 0.4) is 0 Å². The Morgan fingerprint density at radius 1 is 1.03 bits per heavy atom. The summed E-state index contributed by atoms with van der Waals surface area (Å²) in [6.45, 7) is 13.3. The van der Waals surface area contributed by atoms with E-state index >= 15 is 0 Å². The summed E-state index contributed by atoms with van der Waals surface area (Å²) in [4.78, 5) is 3.58. The molecule has 1 unspecified atom stereocenters. The van der Waals surface area contributed by atoms with E-state index in [0.717, 1.165) is 24.8 Å². The van der Waals surface area contributed by atoms with Crippen molar-refractivity contribution in [1.29, 1.82) is 0 Å². The number of allylic oxidation sites excluding steroid dienone is 1. The molecule has 1 aromatic carbocycles. The van der Waals surface area contributed by atoms with E-state index in [4.69, 9.17) is 25.5 Å². The van der Waals surface area contributed by atoms with E-state index in [1.807, 2.05) is 13.0 Å². The van der Waals surface area contributed by atoms with E-state index < -0.39 is 15.2 Å². The van der Waals surface area contributed by atoms with Crippen LogP contribution < -0.4 is 0 Å². The van der Waals surface area contributed by atoms with Gasteiger partial charge in [-0.3, -0.25) is 4.85 Å². The maximum atomic E-state index is 12.9. The molecular formula is C23H35NO6S. The van der Waals surface area contributed by atoms with Crippen LogP contribution >= 0.6 is 0 Å². The molecule has 0 fully saturated rings. The quantitative estimate of drug-likeness (QED) is 0.149. The van der Waals surface area contributed by atoms with Gasteiger partial charge in [0.2, 0.25) is 0 Å². The Bertz CT molecular complexity index is 772. The van der Waals surface area contributed by atoms with E-state index in [0.29, 0.717) is 12.8 Å². The van der Waals surface area contributed by atoms with E-state index in [9.17, 15) is 8.42 Å². The molecule has 0 N–H and O–H groups in total. The summed E-state index contributed by atoms with van der Waals surface area (Å²) < 4.78 is 47.4. The smallest absolute Gasteiger partial charge is 0.325 e. The fourth-order valence-corrected chi connectivity index (χ4v) is 4.57. The highest BCUT2D eigenvalue weighted by Gasteiger charge is 2.33. The third-order valence-corrected chi connectivity index (χ3v) is 6.88. The average Bonchev–Trinajstić information content (AvgIpc) is 2.75. The molecule has 0 aliphatic rings. The first-order chi connectivity index (χ1) is 14.9. The first-order valence-electron chi connectivity index (χ1n) is 10.4. The number of ether oxygens (including phenoxy) is 4. The van der Waals surface area contributed by atoms with Crippen LogP contribution in [0, 0.1) is 13.5 Å². The van der Waals surface area contributed by atoms with Gasteiger partial charge in [-0.2, -0.15) is 0 Å². The number of hydrogen-bond acceptors (Lipinski definition) is 6.